The molecule has 0 saturated heterocycles. The van der Waals surface area contributed by atoms with Crippen LogP contribution in [0.2, 0.25) is 10.0 Å². The molecule has 4 rings (SSSR count). The van der Waals surface area contributed by atoms with Crippen LogP contribution in [-0.4, -0.2) is 17.9 Å². The Morgan fingerprint density at radius 2 is 1.06 bits per heavy atom. The van der Waals surface area contributed by atoms with E-state index < -0.39 is 10.8 Å². The van der Waals surface area contributed by atoms with Crippen LogP contribution >= 0.6 is 23.2 Å². The third kappa shape index (κ3) is 4.99. The molecule has 0 heterocycles. The standard InChI is InChI=1S/C29H30Cl2N2O/c30-23-11-7-21(8-12-23)28(17-3-1-5-26(28)32)19-15-25(34)16-20-29(18-4-2-6-27(29)33)22-9-13-24(31)14-10-22/h1-14,17-18,26-27H,15-16,19-20,32-33H2. The summed E-state index contributed by atoms with van der Waals surface area (Å²) < 4.78 is 0. The van der Waals surface area contributed by atoms with Crippen molar-refractivity contribution in [1.82, 2.24) is 0 Å². The third-order valence-electron chi connectivity index (χ3n) is 7.23. The first-order valence-electron chi connectivity index (χ1n) is 11.6. The van der Waals surface area contributed by atoms with Gasteiger partial charge in [-0.25, -0.2) is 0 Å². The van der Waals surface area contributed by atoms with Gasteiger partial charge in [-0.3, -0.25) is 4.79 Å². The summed E-state index contributed by atoms with van der Waals surface area (Å²) in [6, 6.07) is 15.1. The van der Waals surface area contributed by atoms with Crippen LogP contribution in [0, 0.1) is 0 Å². The van der Waals surface area contributed by atoms with Crippen LogP contribution in [0.1, 0.15) is 36.8 Å². The third-order valence-corrected chi connectivity index (χ3v) is 7.74. The number of carbonyl (C=O) groups excluding carboxylic acids is 1. The van der Waals surface area contributed by atoms with Crippen molar-refractivity contribution in [3.63, 3.8) is 0 Å². The Labute approximate surface area is 211 Å². The first-order chi connectivity index (χ1) is 16.4. The average molecular weight is 493 g/mol. The lowest BCUT2D eigenvalue weighted by atomic mass is 9.67. The van der Waals surface area contributed by atoms with Gasteiger partial charge < -0.3 is 11.5 Å². The lowest BCUT2D eigenvalue weighted by Crippen LogP contribution is -2.45. The maximum atomic E-state index is 13.2. The van der Waals surface area contributed by atoms with Crippen LogP contribution in [-0.2, 0) is 15.6 Å². The first kappa shape index (κ1) is 24.7. The van der Waals surface area contributed by atoms with E-state index in [1.54, 1.807) is 0 Å². The van der Waals surface area contributed by atoms with Gasteiger partial charge in [-0.15, -0.1) is 0 Å². The van der Waals surface area contributed by atoms with E-state index in [9.17, 15) is 4.79 Å². The number of hydrogen-bond donors (Lipinski definition) is 2. The van der Waals surface area contributed by atoms with E-state index in [0.717, 1.165) is 11.1 Å². The molecule has 2 aromatic rings. The van der Waals surface area contributed by atoms with Crippen LogP contribution in [0.15, 0.2) is 97.1 Å². The molecular weight excluding hydrogens is 463 g/mol. The van der Waals surface area contributed by atoms with Gasteiger partial charge in [-0.05, 0) is 48.2 Å². The number of rotatable bonds is 8. The fourth-order valence-corrected chi connectivity index (χ4v) is 5.34. The predicted octanol–water partition coefficient (Wildman–Crippen LogP) is 6.21. The summed E-state index contributed by atoms with van der Waals surface area (Å²) in [5, 5.41) is 1.36. The second-order valence-electron chi connectivity index (χ2n) is 9.17. The van der Waals surface area contributed by atoms with Crippen LogP contribution < -0.4 is 11.5 Å². The molecule has 176 valence electrons. The molecule has 5 heteroatoms. The number of hydrogen-bond acceptors (Lipinski definition) is 3. The topological polar surface area (TPSA) is 69.1 Å². The molecule has 4 N–H and O–H groups in total. The fourth-order valence-electron chi connectivity index (χ4n) is 5.09. The van der Waals surface area contributed by atoms with Gasteiger partial charge in [-0.2, -0.15) is 0 Å². The monoisotopic (exact) mass is 492 g/mol. The van der Waals surface area contributed by atoms with Gasteiger partial charge >= 0.3 is 0 Å². The molecule has 3 nitrogen and oxygen atoms in total. The van der Waals surface area contributed by atoms with Crippen molar-refractivity contribution in [3.8, 4) is 0 Å². The molecule has 0 bridgehead atoms. The largest absolute Gasteiger partial charge is 0.323 e. The number of nitrogens with two attached hydrogens (primary N) is 2. The minimum absolute atomic E-state index is 0.201. The highest BCUT2D eigenvalue weighted by atomic mass is 35.5. The number of Topliss-reactive ketones (excluding diaryl/α,β-unsaturated/α-hetero) is 1. The number of benzene rings is 2. The molecule has 2 aromatic carbocycles. The van der Waals surface area contributed by atoms with Gasteiger partial charge in [-0.1, -0.05) is 96.1 Å². The Bertz CT molecular complexity index is 1040. The van der Waals surface area contributed by atoms with Crippen molar-refractivity contribution in [2.24, 2.45) is 11.5 Å². The molecule has 0 aromatic heterocycles. The molecule has 2 aliphatic carbocycles. The van der Waals surface area contributed by atoms with Gasteiger partial charge in [0.15, 0.2) is 0 Å². The van der Waals surface area contributed by atoms with Crippen molar-refractivity contribution in [2.45, 2.75) is 48.6 Å². The summed E-state index contributed by atoms with van der Waals surface area (Å²) in [4.78, 5) is 13.2. The number of ketones is 1. The summed E-state index contributed by atoms with van der Waals surface area (Å²) in [5.74, 6) is 0.201. The molecule has 0 radical (unpaired) electrons. The summed E-state index contributed by atoms with van der Waals surface area (Å²) in [5.41, 5.74) is 14.4. The SMILES string of the molecule is NC1C=CC=CC1(CCC(=O)CCC1(c2ccc(Cl)cc2)C=CC=CC1N)c1ccc(Cl)cc1. The van der Waals surface area contributed by atoms with Crippen molar-refractivity contribution in [2.75, 3.05) is 0 Å². The Kier molecular flexibility index (Phi) is 7.59. The predicted molar refractivity (Wildman–Crippen MR) is 142 cm³/mol. The molecule has 4 unspecified atom stereocenters. The van der Waals surface area contributed by atoms with Crippen LogP contribution in [0.25, 0.3) is 0 Å². The molecule has 0 spiro atoms. The minimum Gasteiger partial charge on any atom is -0.323 e. The van der Waals surface area contributed by atoms with Crippen LogP contribution in [0.4, 0.5) is 0 Å². The first-order valence-corrected chi connectivity index (χ1v) is 12.4. The molecule has 0 amide bonds. The average Bonchev–Trinajstić information content (AvgIpc) is 2.84. The van der Waals surface area contributed by atoms with Crippen molar-refractivity contribution < 1.29 is 4.79 Å². The van der Waals surface area contributed by atoms with Gasteiger partial charge in [0.25, 0.3) is 0 Å². The van der Waals surface area contributed by atoms with E-state index in [-0.39, 0.29) is 17.9 Å². The molecule has 0 saturated carbocycles. The summed E-state index contributed by atoms with van der Waals surface area (Å²) in [6.07, 6.45) is 18.3. The molecule has 2 aliphatic rings. The minimum atomic E-state index is -0.438. The van der Waals surface area contributed by atoms with E-state index in [2.05, 4.69) is 12.2 Å². The van der Waals surface area contributed by atoms with E-state index in [1.165, 1.54) is 0 Å². The zero-order chi connectivity index (χ0) is 24.2. The molecular formula is C29H30Cl2N2O. The van der Waals surface area contributed by atoms with Crippen LogP contribution in [0.3, 0.4) is 0 Å². The Balaban J connectivity index is 1.50. The summed E-state index contributed by atoms with van der Waals surface area (Å²) in [6.45, 7) is 0. The van der Waals surface area contributed by atoms with E-state index >= 15 is 0 Å². The van der Waals surface area contributed by atoms with Gasteiger partial charge in [0.2, 0.25) is 0 Å². The maximum Gasteiger partial charge on any atom is 0.133 e. The van der Waals surface area contributed by atoms with Gasteiger partial charge in [0, 0.05) is 45.8 Å². The Morgan fingerprint density at radius 1 is 0.676 bits per heavy atom. The molecule has 0 fully saturated rings. The lowest BCUT2D eigenvalue weighted by molar-refractivity contribution is -0.119. The van der Waals surface area contributed by atoms with E-state index in [4.69, 9.17) is 34.7 Å². The van der Waals surface area contributed by atoms with Gasteiger partial charge in [0.1, 0.15) is 5.78 Å². The fraction of sp³-hybridized carbons (Fsp3) is 0.276. The highest BCUT2D eigenvalue weighted by Gasteiger charge is 2.38. The second-order valence-corrected chi connectivity index (χ2v) is 10.0. The van der Waals surface area contributed by atoms with E-state index in [1.807, 2.05) is 85.0 Å². The van der Waals surface area contributed by atoms with E-state index in [0.29, 0.717) is 35.7 Å². The normalized spacial score (nSPS) is 27.8. The quantitative estimate of drug-likeness (QED) is 0.460. The van der Waals surface area contributed by atoms with Crippen molar-refractivity contribution >= 4 is 29.0 Å². The second kappa shape index (κ2) is 10.5. The zero-order valence-corrected chi connectivity index (χ0v) is 20.6. The Morgan fingerprint density at radius 3 is 1.41 bits per heavy atom. The number of allylic oxidation sites excluding steroid dienone is 4. The molecule has 4 atom stereocenters. The highest BCUT2D eigenvalue weighted by molar-refractivity contribution is 6.30. The lowest BCUT2D eigenvalue weighted by Gasteiger charge is -2.38. The maximum absolute atomic E-state index is 13.2. The van der Waals surface area contributed by atoms with Gasteiger partial charge in [0.05, 0.1) is 0 Å². The van der Waals surface area contributed by atoms with Crippen LogP contribution in [0.5, 0.6) is 0 Å². The smallest absolute Gasteiger partial charge is 0.133 e. The highest BCUT2D eigenvalue weighted by Crippen LogP contribution is 2.39. The molecule has 34 heavy (non-hydrogen) atoms. The zero-order valence-electron chi connectivity index (χ0n) is 19.0. The van der Waals surface area contributed by atoms with Crippen molar-refractivity contribution in [1.29, 1.82) is 0 Å². The summed E-state index contributed by atoms with van der Waals surface area (Å²) in [7, 11) is 0. The number of halogens is 2. The van der Waals surface area contributed by atoms with Crippen molar-refractivity contribution in [3.05, 3.63) is 118 Å². The molecule has 0 aliphatic heterocycles. The Hall–Kier alpha value is -2.43. The summed E-state index contributed by atoms with van der Waals surface area (Å²) >= 11 is 12.2. The number of carbonyl (C=O) groups is 1.